The average Bonchev–Trinajstić information content (AvgIpc) is 3.44. The van der Waals surface area contributed by atoms with Crippen molar-refractivity contribution in [2.75, 3.05) is 0 Å². The van der Waals surface area contributed by atoms with Crippen LogP contribution in [0.25, 0.3) is 60.8 Å². The van der Waals surface area contributed by atoms with Crippen molar-refractivity contribution in [1.82, 2.24) is 9.55 Å². The lowest BCUT2D eigenvalue weighted by Gasteiger charge is -2.11. The number of para-hydroxylation sites is 2. The van der Waals surface area contributed by atoms with E-state index < -0.39 is 17.5 Å². The summed E-state index contributed by atoms with van der Waals surface area (Å²) in [6.45, 7) is 0. The molecule has 7 rings (SSSR count). The second-order valence-electron chi connectivity index (χ2n) is 8.46. The van der Waals surface area contributed by atoms with Crippen LogP contribution in [0.15, 0.2) is 95.4 Å². The summed E-state index contributed by atoms with van der Waals surface area (Å²) < 4.78 is 51.3. The molecule has 6 heteroatoms. The third kappa shape index (κ3) is 2.89. The van der Waals surface area contributed by atoms with E-state index in [2.05, 4.69) is 6.07 Å². The first-order chi connectivity index (χ1) is 17.1. The van der Waals surface area contributed by atoms with Crippen molar-refractivity contribution < 1.29 is 17.6 Å². The molecule has 7 aromatic rings. The van der Waals surface area contributed by atoms with Crippen molar-refractivity contribution in [2.24, 2.45) is 0 Å². The highest BCUT2D eigenvalue weighted by Crippen LogP contribution is 2.40. The fraction of sp³-hybridized carbons (Fsp3) is 0. The number of hydrogen-bond donors (Lipinski definition) is 0. The maximum atomic E-state index is 15.0. The smallest absolute Gasteiger partial charge is 0.171 e. The molecular weight excluding hydrogens is 449 g/mol. The monoisotopic (exact) mass is 464 g/mol. The van der Waals surface area contributed by atoms with E-state index in [1.807, 2.05) is 65.2 Å². The zero-order valence-corrected chi connectivity index (χ0v) is 18.1. The standard InChI is InChI=1S/C29H15F3N2O/c30-18-14-21-26-22(31)12-11-20(28(26)35-27(21)23(32)15-18)29-33-24-7-3-4-8-25(24)34(29)19-10-9-16-5-1-2-6-17(16)13-19/h1-15H. The summed E-state index contributed by atoms with van der Waals surface area (Å²) in [5, 5.41) is 2.22. The first-order valence-corrected chi connectivity index (χ1v) is 11.1. The summed E-state index contributed by atoms with van der Waals surface area (Å²) in [6.07, 6.45) is 0. The van der Waals surface area contributed by atoms with Gasteiger partial charge in [0.25, 0.3) is 0 Å². The molecule has 3 nitrogen and oxygen atoms in total. The van der Waals surface area contributed by atoms with Gasteiger partial charge >= 0.3 is 0 Å². The van der Waals surface area contributed by atoms with Crippen LogP contribution in [0, 0.1) is 17.5 Å². The van der Waals surface area contributed by atoms with E-state index in [9.17, 15) is 13.2 Å². The van der Waals surface area contributed by atoms with E-state index in [-0.39, 0.29) is 21.9 Å². The Morgan fingerprint density at radius 1 is 0.686 bits per heavy atom. The van der Waals surface area contributed by atoms with Crippen LogP contribution in [-0.2, 0) is 0 Å². The second-order valence-corrected chi connectivity index (χ2v) is 8.46. The highest BCUT2D eigenvalue weighted by Gasteiger charge is 2.23. The maximum Gasteiger partial charge on any atom is 0.171 e. The summed E-state index contributed by atoms with van der Waals surface area (Å²) in [5.74, 6) is -1.80. The van der Waals surface area contributed by atoms with Crippen LogP contribution in [0.5, 0.6) is 0 Å². The molecule has 0 atom stereocenters. The third-order valence-electron chi connectivity index (χ3n) is 6.38. The Balaban J connectivity index is 1.60. The van der Waals surface area contributed by atoms with Crippen LogP contribution in [-0.4, -0.2) is 9.55 Å². The van der Waals surface area contributed by atoms with Gasteiger partial charge in [-0.25, -0.2) is 18.2 Å². The van der Waals surface area contributed by atoms with E-state index >= 15 is 0 Å². The molecule has 2 heterocycles. The van der Waals surface area contributed by atoms with Gasteiger partial charge in [-0.15, -0.1) is 0 Å². The Hall–Kier alpha value is -4.58. The Bertz CT molecular complexity index is 1950. The predicted octanol–water partition coefficient (Wildman–Crippen LogP) is 8.16. The SMILES string of the molecule is Fc1cc(F)c2oc3c(-c4nc5ccccc5n4-c4ccc5ccccc5c4)ccc(F)c3c2c1. The van der Waals surface area contributed by atoms with Gasteiger partial charge in [-0.05, 0) is 53.2 Å². The third-order valence-corrected chi connectivity index (χ3v) is 6.38. The van der Waals surface area contributed by atoms with E-state index in [0.717, 1.165) is 39.6 Å². The van der Waals surface area contributed by atoms with Crippen LogP contribution >= 0.6 is 0 Å². The normalized spacial score (nSPS) is 11.9. The molecule has 35 heavy (non-hydrogen) atoms. The van der Waals surface area contributed by atoms with Crippen LogP contribution in [0.4, 0.5) is 13.2 Å². The number of halogens is 3. The molecule has 0 radical (unpaired) electrons. The number of benzene rings is 5. The minimum atomic E-state index is -0.885. The molecule has 2 aromatic heterocycles. The molecule has 0 aliphatic carbocycles. The van der Waals surface area contributed by atoms with Crippen molar-refractivity contribution in [2.45, 2.75) is 0 Å². The molecule has 0 aliphatic rings. The van der Waals surface area contributed by atoms with Crippen molar-refractivity contribution in [3.05, 3.63) is 108 Å². The fourth-order valence-corrected chi connectivity index (χ4v) is 4.83. The molecule has 168 valence electrons. The molecule has 0 N–H and O–H groups in total. The topological polar surface area (TPSA) is 31.0 Å². The van der Waals surface area contributed by atoms with Crippen molar-refractivity contribution in [3.63, 3.8) is 0 Å². The van der Waals surface area contributed by atoms with Gasteiger partial charge in [0.05, 0.1) is 22.0 Å². The minimum Gasteiger partial charge on any atom is -0.452 e. The number of hydrogen-bond acceptors (Lipinski definition) is 2. The number of aromatic nitrogens is 2. The Morgan fingerprint density at radius 2 is 1.49 bits per heavy atom. The summed E-state index contributed by atoms with van der Waals surface area (Å²) in [6, 6.07) is 26.4. The summed E-state index contributed by atoms with van der Waals surface area (Å²) in [5.41, 5.74) is 2.84. The van der Waals surface area contributed by atoms with Gasteiger partial charge < -0.3 is 4.42 Å². The highest BCUT2D eigenvalue weighted by atomic mass is 19.1. The maximum absolute atomic E-state index is 15.0. The number of imidazole rings is 1. The predicted molar refractivity (Wildman–Crippen MR) is 131 cm³/mol. The Kier molecular flexibility index (Phi) is 4.09. The largest absolute Gasteiger partial charge is 0.452 e. The number of fused-ring (bicyclic) bond motifs is 5. The molecule has 0 amide bonds. The molecule has 0 fully saturated rings. The molecule has 0 saturated carbocycles. The lowest BCUT2D eigenvalue weighted by Crippen LogP contribution is -1.98. The molecule has 0 aliphatic heterocycles. The van der Waals surface area contributed by atoms with E-state index in [0.29, 0.717) is 11.4 Å². The van der Waals surface area contributed by atoms with Crippen LogP contribution in [0.2, 0.25) is 0 Å². The molecule has 0 bridgehead atoms. The number of rotatable bonds is 2. The van der Waals surface area contributed by atoms with Gasteiger partial charge in [0.15, 0.2) is 11.4 Å². The van der Waals surface area contributed by atoms with Gasteiger partial charge in [-0.1, -0.05) is 42.5 Å². The number of furan rings is 1. The first-order valence-electron chi connectivity index (χ1n) is 11.1. The van der Waals surface area contributed by atoms with Gasteiger partial charge in [-0.2, -0.15) is 0 Å². The minimum absolute atomic E-state index is 0.0213. The van der Waals surface area contributed by atoms with Gasteiger partial charge in [0.1, 0.15) is 23.0 Å². The van der Waals surface area contributed by atoms with Crippen LogP contribution in [0.1, 0.15) is 0 Å². The van der Waals surface area contributed by atoms with Crippen LogP contribution in [0.3, 0.4) is 0 Å². The van der Waals surface area contributed by atoms with Gasteiger partial charge in [0, 0.05) is 17.1 Å². The van der Waals surface area contributed by atoms with Crippen molar-refractivity contribution in [3.8, 4) is 17.1 Å². The van der Waals surface area contributed by atoms with Gasteiger partial charge in [-0.3, -0.25) is 4.57 Å². The highest BCUT2D eigenvalue weighted by molar-refractivity contribution is 6.10. The Morgan fingerprint density at radius 3 is 2.37 bits per heavy atom. The lowest BCUT2D eigenvalue weighted by atomic mass is 10.1. The summed E-state index contributed by atoms with van der Waals surface area (Å²) in [7, 11) is 0. The molecule has 0 unspecified atom stereocenters. The Labute approximate surface area is 196 Å². The summed E-state index contributed by atoms with van der Waals surface area (Å²) >= 11 is 0. The summed E-state index contributed by atoms with van der Waals surface area (Å²) in [4.78, 5) is 4.84. The van der Waals surface area contributed by atoms with Gasteiger partial charge in [0.2, 0.25) is 0 Å². The fourth-order valence-electron chi connectivity index (χ4n) is 4.83. The molecule has 0 saturated heterocycles. The zero-order chi connectivity index (χ0) is 23.7. The van der Waals surface area contributed by atoms with E-state index in [1.54, 1.807) is 6.07 Å². The van der Waals surface area contributed by atoms with Crippen molar-refractivity contribution in [1.29, 1.82) is 0 Å². The van der Waals surface area contributed by atoms with Crippen molar-refractivity contribution >= 4 is 43.7 Å². The molecular formula is C29H15F3N2O. The number of nitrogens with zero attached hydrogens (tertiary/aromatic N) is 2. The van der Waals surface area contributed by atoms with E-state index in [1.165, 1.54) is 6.07 Å². The second kappa shape index (κ2) is 7.21. The lowest BCUT2D eigenvalue weighted by molar-refractivity contribution is 0.562. The first kappa shape index (κ1) is 19.9. The van der Waals surface area contributed by atoms with E-state index in [4.69, 9.17) is 9.40 Å². The molecule has 5 aromatic carbocycles. The average molecular weight is 464 g/mol. The quantitative estimate of drug-likeness (QED) is 0.258. The van der Waals surface area contributed by atoms with Crippen LogP contribution < -0.4 is 0 Å². The molecule has 0 spiro atoms. The zero-order valence-electron chi connectivity index (χ0n) is 18.1.